The molecular formula is C12H12N2O3. The molecule has 2 aromatic heterocycles. The predicted molar refractivity (Wildman–Crippen MR) is 61.7 cm³/mol. The van der Waals surface area contributed by atoms with Crippen molar-refractivity contribution < 1.29 is 9.21 Å². The number of nitrogens with one attached hydrogen (secondary N) is 2. The van der Waals surface area contributed by atoms with E-state index in [-0.39, 0.29) is 23.2 Å². The maximum atomic E-state index is 11.8. The van der Waals surface area contributed by atoms with Crippen LogP contribution in [-0.2, 0) is 0 Å². The third kappa shape index (κ3) is 2.63. The summed E-state index contributed by atoms with van der Waals surface area (Å²) in [6.45, 7) is 1.80. The van der Waals surface area contributed by atoms with Gasteiger partial charge in [-0.2, -0.15) is 0 Å². The Morgan fingerprint density at radius 2 is 2.18 bits per heavy atom. The molecule has 2 heterocycles. The summed E-state index contributed by atoms with van der Waals surface area (Å²) in [6.07, 6.45) is 1.54. The van der Waals surface area contributed by atoms with Gasteiger partial charge < -0.3 is 14.7 Å². The van der Waals surface area contributed by atoms with E-state index in [0.29, 0.717) is 5.76 Å². The smallest absolute Gasteiger partial charge is 0.268 e. The number of carbonyl (C=O) groups is 1. The van der Waals surface area contributed by atoms with Gasteiger partial charge in [0, 0.05) is 6.07 Å². The van der Waals surface area contributed by atoms with Gasteiger partial charge in [0.05, 0.1) is 12.3 Å². The number of hydrogen-bond acceptors (Lipinski definition) is 3. The third-order valence-electron chi connectivity index (χ3n) is 2.33. The quantitative estimate of drug-likeness (QED) is 0.841. The number of furan rings is 1. The molecule has 2 N–H and O–H groups in total. The van der Waals surface area contributed by atoms with E-state index in [0.717, 1.165) is 0 Å². The van der Waals surface area contributed by atoms with Gasteiger partial charge >= 0.3 is 0 Å². The van der Waals surface area contributed by atoms with Crippen LogP contribution in [0.4, 0.5) is 0 Å². The monoisotopic (exact) mass is 232 g/mol. The predicted octanol–water partition coefficient (Wildman–Crippen LogP) is 1.46. The molecule has 1 atom stereocenters. The number of amides is 1. The lowest BCUT2D eigenvalue weighted by atomic mass is 10.2. The average molecular weight is 232 g/mol. The molecule has 0 aliphatic rings. The van der Waals surface area contributed by atoms with Crippen molar-refractivity contribution in [3.8, 4) is 0 Å². The standard InChI is InChI=1S/C12H12N2O3/c1-8(10-5-3-7-17-10)13-12(16)9-4-2-6-11(15)14-9/h2-8H,1H3,(H,13,16)(H,14,15). The van der Waals surface area contributed by atoms with Crippen LogP contribution in [-0.4, -0.2) is 10.9 Å². The summed E-state index contributed by atoms with van der Waals surface area (Å²) in [5.41, 5.74) is -0.0702. The van der Waals surface area contributed by atoms with Crippen molar-refractivity contribution in [1.29, 1.82) is 0 Å². The summed E-state index contributed by atoms with van der Waals surface area (Å²) in [5, 5.41) is 2.72. The summed E-state index contributed by atoms with van der Waals surface area (Å²) in [5.74, 6) is 0.322. The number of aromatic amines is 1. The van der Waals surface area contributed by atoms with Gasteiger partial charge in [0.2, 0.25) is 5.56 Å². The molecule has 0 spiro atoms. The van der Waals surface area contributed by atoms with Gasteiger partial charge in [-0.15, -0.1) is 0 Å². The number of pyridine rings is 1. The molecule has 1 amide bonds. The highest BCUT2D eigenvalue weighted by Gasteiger charge is 2.13. The number of aromatic nitrogens is 1. The van der Waals surface area contributed by atoms with Crippen LogP contribution < -0.4 is 10.9 Å². The average Bonchev–Trinajstić information content (AvgIpc) is 2.82. The molecular weight excluding hydrogens is 220 g/mol. The highest BCUT2D eigenvalue weighted by atomic mass is 16.3. The molecule has 5 heteroatoms. The lowest BCUT2D eigenvalue weighted by Gasteiger charge is -2.10. The molecule has 17 heavy (non-hydrogen) atoms. The van der Waals surface area contributed by atoms with Crippen LogP contribution in [0.25, 0.3) is 0 Å². The SMILES string of the molecule is CC(NC(=O)c1cccc(=O)[nH]1)c1ccco1. The molecule has 0 saturated carbocycles. The minimum absolute atomic E-state index is 0.232. The van der Waals surface area contributed by atoms with Crippen molar-refractivity contribution >= 4 is 5.91 Å². The molecule has 0 aliphatic heterocycles. The van der Waals surface area contributed by atoms with Gasteiger partial charge in [-0.25, -0.2) is 0 Å². The maximum absolute atomic E-state index is 11.8. The summed E-state index contributed by atoms with van der Waals surface area (Å²) in [7, 11) is 0. The van der Waals surface area contributed by atoms with Gasteiger partial charge in [-0.05, 0) is 25.1 Å². The second-order valence-electron chi connectivity index (χ2n) is 3.64. The lowest BCUT2D eigenvalue weighted by Crippen LogP contribution is -2.28. The fraction of sp³-hybridized carbons (Fsp3) is 0.167. The molecule has 5 nitrogen and oxygen atoms in total. The minimum Gasteiger partial charge on any atom is -0.467 e. The van der Waals surface area contributed by atoms with Gasteiger partial charge in [-0.1, -0.05) is 6.07 Å². The summed E-state index contributed by atoms with van der Waals surface area (Å²) >= 11 is 0. The Balaban J connectivity index is 2.10. The Morgan fingerprint density at radius 3 is 2.82 bits per heavy atom. The van der Waals surface area contributed by atoms with Crippen molar-refractivity contribution in [3.63, 3.8) is 0 Å². The van der Waals surface area contributed by atoms with Crippen molar-refractivity contribution in [2.75, 3.05) is 0 Å². The molecule has 2 aromatic rings. The topological polar surface area (TPSA) is 75.1 Å². The van der Waals surface area contributed by atoms with Crippen LogP contribution in [0.3, 0.4) is 0 Å². The van der Waals surface area contributed by atoms with E-state index < -0.39 is 0 Å². The van der Waals surface area contributed by atoms with Crippen LogP contribution in [0.2, 0.25) is 0 Å². The largest absolute Gasteiger partial charge is 0.467 e. The molecule has 88 valence electrons. The highest BCUT2D eigenvalue weighted by Crippen LogP contribution is 2.12. The van der Waals surface area contributed by atoms with Gasteiger partial charge in [0.25, 0.3) is 5.91 Å². The number of H-pyrrole nitrogens is 1. The fourth-order valence-corrected chi connectivity index (χ4v) is 1.46. The van der Waals surface area contributed by atoms with Crippen molar-refractivity contribution in [2.24, 2.45) is 0 Å². The molecule has 0 fully saturated rings. The van der Waals surface area contributed by atoms with E-state index in [9.17, 15) is 9.59 Å². The number of hydrogen-bond donors (Lipinski definition) is 2. The molecule has 0 bridgehead atoms. The third-order valence-corrected chi connectivity index (χ3v) is 2.33. The Kier molecular flexibility index (Phi) is 3.09. The Labute approximate surface area is 97.5 Å². The zero-order valence-electron chi connectivity index (χ0n) is 9.27. The zero-order valence-corrected chi connectivity index (χ0v) is 9.27. The summed E-state index contributed by atoms with van der Waals surface area (Å²) < 4.78 is 5.17. The molecule has 0 aromatic carbocycles. The normalized spacial score (nSPS) is 12.1. The van der Waals surface area contributed by atoms with Crippen LogP contribution in [0, 0.1) is 0 Å². The summed E-state index contributed by atoms with van der Waals surface area (Å²) in [4.78, 5) is 25.3. The van der Waals surface area contributed by atoms with E-state index in [1.54, 1.807) is 31.4 Å². The maximum Gasteiger partial charge on any atom is 0.268 e. The molecule has 1 unspecified atom stereocenters. The molecule has 0 saturated heterocycles. The van der Waals surface area contributed by atoms with Crippen LogP contribution in [0.1, 0.15) is 29.2 Å². The highest BCUT2D eigenvalue weighted by molar-refractivity contribution is 5.92. The van der Waals surface area contributed by atoms with Gasteiger partial charge in [0.1, 0.15) is 11.5 Å². The Bertz CT molecular complexity index is 557. The van der Waals surface area contributed by atoms with Crippen molar-refractivity contribution in [2.45, 2.75) is 13.0 Å². The van der Waals surface area contributed by atoms with E-state index in [1.807, 2.05) is 0 Å². The first kappa shape index (κ1) is 11.2. The van der Waals surface area contributed by atoms with Crippen LogP contribution >= 0.6 is 0 Å². The second kappa shape index (κ2) is 4.69. The first-order valence-corrected chi connectivity index (χ1v) is 5.20. The first-order valence-electron chi connectivity index (χ1n) is 5.20. The van der Waals surface area contributed by atoms with Crippen molar-refractivity contribution in [1.82, 2.24) is 10.3 Å². The van der Waals surface area contributed by atoms with Crippen LogP contribution in [0.15, 0.2) is 45.8 Å². The Morgan fingerprint density at radius 1 is 1.35 bits per heavy atom. The first-order chi connectivity index (χ1) is 8.16. The Hall–Kier alpha value is -2.30. The fourth-order valence-electron chi connectivity index (χ4n) is 1.46. The van der Waals surface area contributed by atoms with E-state index in [4.69, 9.17) is 4.42 Å². The molecule has 0 radical (unpaired) electrons. The second-order valence-corrected chi connectivity index (χ2v) is 3.64. The van der Waals surface area contributed by atoms with E-state index >= 15 is 0 Å². The minimum atomic E-state index is -0.341. The van der Waals surface area contributed by atoms with E-state index in [2.05, 4.69) is 10.3 Å². The number of carbonyl (C=O) groups excluding carboxylic acids is 1. The zero-order chi connectivity index (χ0) is 12.3. The van der Waals surface area contributed by atoms with E-state index in [1.165, 1.54) is 12.1 Å². The molecule has 0 aliphatic carbocycles. The van der Waals surface area contributed by atoms with Crippen molar-refractivity contribution in [3.05, 3.63) is 58.4 Å². The number of rotatable bonds is 3. The molecule has 2 rings (SSSR count). The summed E-state index contributed by atoms with van der Waals surface area (Å²) in [6, 6.07) is 7.71. The van der Waals surface area contributed by atoms with Gasteiger partial charge in [0.15, 0.2) is 0 Å². The van der Waals surface area contributed by atoms with Crippen LogP contribution in [0.5, 0.6) is 0 Å². The lowest BCUT2D eigenvalue weighted by molar-refractivity contribution is 0.0930. The van der Waals surface area contributed by atoms with Gasteiger partial charge in [-0.3, -0.25) is 9.59 Å².